The number of hydrogen-bond donors (Lipinski definition) is 2. The molecule has 0 fully saturated rings. The molecular weight excluding hydrogens is 262 g/mol. The van der Waals surface area contributed by atoms with E-state index in [9.17, 15) is 9.59 Å². The molecule has 0 amide bonds. The number of benzene rings is 1. The normalized spacial score (nSPS) is 10.4. The molecule has 1 heterocycles. The average Bonchev–Trinajstić information content (AvgIpc) is 2.82. The second-order valence-corrected chi connectivity index (χ2v) is 4.32. The van der Waals surface area contributed by atoms with Crippen molar-refractivity contribution in [2.24, 2.45) is 0 Å². The topological polar surface area (TPSA) is 101 Å². The molecule has 0 aliphatic carbocycles. The van der Waals surface area contributed by atoms with E-state index in [1.807, 2.05) is 31.2 Å². The second-order valence-electron chi connectivity index (χ2n) is 4.32. The first kappa shape index (κ1) is 13.8. The maximum Gasteiger partial charge on any atom is 0.374 e. The molecule has 1 aromatic carbocycles. The van der Waals surface area contributed by atoms with Crippen molar-refractivity contribution in [1.82, 2.24) is 4.98 Å². The maximum absolute atomic E-state index is 10.9. The van der Waals surface area contributed by atoms with E-state index in [4.69, 9.17) is 14.6 Å². The quantitative estimate of drug-likeness (QED) is 0.867. The Kier molecular flexibility index (Phi) is 3.84. The maximum atomic E-state index is 10.9. The number of aryl methyl sites for hydroxylation is 3. The van der Waals surface area contributed by atoms with E-state index in [1.54, 1.807) is 0 Å². The molecule has 0 atom stereocenters. The summed E-state index contributed by atoms with van der Waals surface area (Å²) in [5.41, 5.74) is 1.63. The van der Waals surface area contributed by atoms with E-state index in [2.05, 4.69) is 4.98 Å². The predicted molar refractivity (Wildman–Crippen MR) is 69.0 cm³/mol. The summed E-state index contributed by atoms with van der Waals surface area (Å²) in [5.74, 6) is -3.36. The summed E-state index contributed by atoms with van der Waals surface area (Å²) in [4.78, 5) is 25.5. The lowest BCUT2D eigenvalue weighted by Gasteiger charge is -2.02. The Morgan fingerprint density at radius 1 is 1.15 bits per heavy atom. The minimum absolute atomic E-state index is 0.114. The summed E-state index contributed by atoms with van der Waals surface area (Å²) in [6, 6.07) is 7.75. The van der Waals surface area contributed by atoms with Crippen LogP contribution in [0.1, 0.15) is 38.1 Å². The third-order valence-electron chi connectivity index (χ3n) is 2.94. The SMILES string of the molecule is Cc1ccccc1CCc1nc(C(=O)O)c(C(=O)O)o1. The van der Waals surface area contributed by atoms with Crippen LogP contribution in [-0.4, -0.2) is 27.1 Å². The summed E-state index contributed by atoms with van der Waals surface area (Å²) in [6.45, 7) is 1.97. The van der Waals surface area contributed by atoms with Crippen LogP contribution in [-0.2, 0) is 12.8 Å². The van der Waals surface area contributed by atoms with Gasteiger partial charge in [0.15, 0.2) is 5.89 Å². The molecular formula is C14H13NO5. The Bertz CT molecular complexity index is 628. The van der Waals surface area contributed by atoms with Crippen molar-refractivity contribution in [3.8, 4) is 0 Å². The van der Waals surface area contributed by atoms with Crippen molar-refractivity contribution in [3.05, 3.63) is 52.7 Å². The lowest BCUT2D eigenvalue weighted by atomic mass is 10.0. The van der Waals surface area contributed by atoms with Gasteiger partial charge < -0.3 is 14.6 Å². The highest BCUT2D eigenvalue weighted by atomic mass is 16.4. The molecule has 0 radical (unpaired) electrons. The zero-order valence-electron chi connectivity index (χ0n) is 10.8. The average molecular weight is 275 g/mol. The van der Waals surface area contributed by atoms with E-state index >= 15 is 0 Å². The molecule has 6 heteroatoms. The van der Waals surface area contributed by atoms with Crippen molar-refractivity contribution in [2.75, 3.05) is 0 Å². The van der Waals surface area contributed by atoms with E-state index < -0.39 is 23.4 Å². The van der Waals surface area contributed by atoms with Gasteiger partial charge in [0.25, 0.3) is 0 Å². The zero-order valence-corrected chi connectivity index (χ0v) is 10.8. The molecule has 2 rings (SSSR count). The van der Waals surface area contributed by atoms with E-state index in [-0.39, 0.29) is 5.89 Å². The number of carboxylic acid groups (broad SMARTS) is 2. The van der Waals surface area contributed by atoms with Crippen molar-refractivity contribution in [2.45, 2.75) is 19.8 Å². The summed E-state index contributed by atoms with van der Waals surface area (Å²) >= 11 is 0. The lowest BCUT2D eigenvalue weighted by molar-refractivity contribution is 0.0623. The van der Waals surface area contributed by atoms with Crippen molar-refractivity contribution in [1.29, 1.82) is 0 Å². The molecule has 0 saturated heterocycles. The monoisotopic (exact) mass is 275 g/mol. The highest BCUT2D eigenvalue weighted by molar-refractivity contribution is 5.98. The fourth-order valence-corrected chi connectivity index (χ4v) is 1.89. The van der Waals surface area contributed by atoms with Gasteiger partial charge in [-0.2, -0.15) is 0 Å². The van der Waals surface area contributed by atoms with Crippen LogP contribution in [0.15, 0.2) is 28.7 Å². The van der Waals surface area contributed by atoms with Crippen LogP contribution >= 0.6 is 0 Å². The number of carbonyl (C=O) groups is 2. The van der Waals surface area contributed by atoms with Gasteiger partial charge in [-0.25, -0.2) is 14.6 Å². The summed E-state index contributed by atoms with van der Waals surface area (Å²) in [6.07, 6.45) is 0.948. The molecule has 0 saturated carbocycles. The summed E-state index contributed by atoms with van der Waals surface area (Å²) in [5, 5.41) is 17.7. The summed E-state index contributed by atoms with van der Waals surface area (Å²) in [7, 11) is 0. The van der Waals surface area contributed by atoms with Gasteiger partial charge in [-0.3, -0.25) is 0 Å². The van der Waals surface area contributed by atoms with E-state index in [0.29, 0.717) is 12.8 Å². The third kappa shape index (κ3) is 2.85. The number of aromatic nitrogens is 1. The first-order chi connectivity index (χ1) is 9.49. The Morgan fingerprint density at radius 2 is 1.85 bits per heavy atom. The Morgan fingerprint density at radius 3 is 2.40 bits per heavy atom. The van der Waals surface area contributed by atoms with Crippen LogP contribution in [0.25, 0.3) is 0 Å². The van der Waals surface area contributed by atoms with Crippen molar-refractivity contribution in [3.63, 3.8) is 0 Å². The van der Waals surface area contributed by atoms with Crippen molar-refractivity contribution < 1.29 is 24.2 Å². The molecule has 0 aliphatic heterocycles. The first-order valence-corrected chi connectivity index (χ1v) is 6.00. The Balaban J connectivity index is 2.19. The van der Waals surface area contributed by atoms with Gasteiger partial charge in [0.1, 0.15) is 0 Å². The molecule has 0 aliphatic rings. The minimum atomic E-state index is -1.43. The van der Waals surface area contributed by atoms with Gasteiger partial charge in [-0.15, -0.1) is 0 Å². The molecule has 2 aromatic rings. The number of rotatable bonds is 5. The second kappa shape index (κ2) is 5.56. The number of oxazole rings is 1. The summed E-state index contributed by atoms with van der Waals surface area (Å²) < 4.78 is 5.01. The smallest absolute Gasteiger partial charge is 0.374 e. The number of hydrogen-bond acceptors (Lipinski definition) is 4. The van der Waals surface area contributed by atoms with Crippen LogP contribution in [0.3, 0.4) is 0 Å². The van der Waals surface area contributed by atoms with Crippen LogP contribution < -0.4 is 0 Å². The molecule has 1 aromatic heterocycles. The molecule has 0 unspecified atom stereocenters. The predicted octanol–water partition coefficient (Wildman–Crippen LogP) is 2.16. The van der Waals surface area contributed by atoms with Crippen molar-refractivity contribution >= 4 is 11.9 Å². The zero-order chi connectivity index (χ0) is 14.7. The molecule has 6 nitrogen and oxygen atoms in total. The van der Waals surface area contributed by atoms with E-state index in [0.717, 1.165) is 11.1 Å². The van der Waals surface area contributed by atoms with Crippen LogP contribution in [0.5, 0.6) is 0 Å². The van der Waals surface area contributed by atoms with Gasteiger partial charge in [0.2, 0.25) is 11.5 Å². The van der Waals surface area contributed by atoms with Gasteiger partial charge in [0, 0.05) is 6.42 Å². The number of carboxylic acids is 2. The van der Waals surface area contributed by atoms with E-state index in [1.165, 1.54) is 0 Å². The van der Waals surface area contributed by atoms with Crippen LogP contribution in [0.2, 0.25) is 0 Å². The minimum Gasteiger partial charge on any atom is -0.476 e. The van der Waals surface area contributed by atoms with Gasteiger partial charge in [-0.1, -0.05) is 24.3 Å². The highest BCUT2D eigenvalue weighted by Gasteiger charge is 2.24. The molecule has 2 N–H and O–H groups in total. The Hall–Kier alpha value is -2.63. The lowest BCUT2D eigenvalue weighted by Crippen LogP contribution is -2.05. The number of aromatic carboxylic acids is 2. The van der Waals surface area contributed by atoms with Crippen LogP contribution in [0, 0.1) is 6.92 Å². The van der Waals surface area contributed by atoms with Gasteiger partial charge in [0.05, 0.1) is 0 Å². The molecule has 0 spiro atoms. The standard InChI is InChI=1S/C14H13NO5/c1-8-4-2-3-5-9(8)6-7-10-15-11(13(16)17)12(20-10)14(18)19/h2-5H,6-7H2,1H3,(H,16,17)(H,18,19). The highest BCUT2D eigenvalue weighted by Crippen LogP contribution is 2.15. The third-order valence-corrected chi connectivity index (χ3v) is 2.94. The number of nitrogens with zero attached hydrogens (tertiary/aromatic N) is 1. The fraction of sp³-hybridized carbons (Fsp3) is 0.214. The fourth-order valence-electron chi connectivity index (χ4n) is 1.89. The molecule has 20 heavy (non-hydrogen) atoms. The van der Waals surface area contributed by atoms with Gasteiger partial charge in [-0.05, 0) is 24.5 Å². The Labute approximate surface area is 114 Å². The largest absolute Gasteiger partial charge is 0.476 e. The van der Waals surface area contributed by atoms with Crippen LogP contribution in [0.4, 0.5) is 0 Å². The molecule has 104 valence electrons. The molecule has 0 bridgehead atoms. The van der Waals surface area contributed by atoms with Gasteiger partial charge >= 0.3 is 11.9 Å². The first-order valence-electron chi connectivity index (χ1n) is 6.00.